The lowest BCUT2D eigenvalue weighted by Gasteiger charge is -2.23. The summed E-state index contributed by atoms with van der Waals surface area (Å²) < 4.78 is 0.777. The molecule has 0 aromatic heterocycles. The van der Waals surface area contributed by atoms with E-state index in [1.54, 1.807) is 36.4 Å². The highest BCUT2D eigenvalue weighted by molar-refractivity contribution is 9.10. The first kappa shape index (κ1) is 19.1. The van der Waals surface area contributed by atoms with Crippen molar-refractivity contribution in [2.24, 2.45) is 0 Å². The van der Waals surface area contributed by atoms with E-state index in [1.807, 2.05) is 0 Å². The van der Waals surface area contributed by atoms with Crippen LogP contribution in [-0.2, 0) is 14.4 Å². The highest BCUT2D eigenvalue weighted by Crippen LogP contribution is 2.39. The number of hydrogen-bond donors (Lipinski definition) is 2. The van der Waals surface area contributed by atoms with Gasteiger partial charge < -0.3 is 15.1 Å². The average Bonchev–Trinajstić information content (AvgIpc) is 2.87. The normalized spacial score (nSPS) is 18.7. The van der Waals surface area contributed by atoms with Crippen LogP contribution in [0.1, 0.15) is 17.2 Å². The summed E-state index contributed by atoms with van der Waals surface area (Å²) in [5, 5.41) is 20.3. The van der Waals surface area contributed by atoms with Crippen molar-refractivity contribution >= 4 is 50.9 Å². The van der Waals surface area contributed by atoms with E-state index in [0.717, 1.165) is 9.37 Å². The molecule has 6 nitrogen and oxygen atoms in total. The second kappa shape index (κ2) is 7.54. The van der Waals surface area contributed by atoms with Gasteiger partial charge in [-0.15, -0.1) is 0 Å². The van der Waals surface area contributed by atoms with Gasteiger partial charge >= 0.3 is 5.97 Å². The molecule has 1 aliphatic rings. The lowest BCUT2D eigenvalue weighted by atomic mass is 9.95. The second-order valence-corrected chi connectivity index (χ2v) is 7.23. The molecule has 1 saturated heterocycles. The number of carbonyl (C=O) groups excluding carboxylic acids is 2. The Bertz CT molecular complexity index is 953. The number of likely N-dealkylation sites (tertiary alicyclic amines) is 1. The zero-order valence-electron chi connectivity index (χ0n) is 13.7. The molecule has 0 bridgehead atoms. The molecule has 0 aliphatic carbocycles. The number of carboxylic acid groups (broad SMARTS) is 1. The molecule has 0 radical (unpaired) electrons. The Hall–Kier alpha value is -2.64. The summed E-state index contributed by atoms with van der Waals surface area (Å²) in [4.78, 5) is 37.2. The molecule has 1 fully saturated rings. The number of ketones is 1. The second-order valence-electron chi connectivity index (χ2n) is 5.88. The molecule has 3 rings (SSSR count). The van der Waals surface area contributed by atoms with Crippen molar-refractivity contribution in [3.05, 3.63) is 74.7 Å². The first-order valence-electron chi connectivity index (χ1n) is 7.81. The number of aliphatic hydroxyl groups is 1. The zero-order valence-corrected chi connectivity index (χ0v) is 16.1. The van der Waals surface area contributed by atoms with Gasteiger partial charge in [-0.25, -0.2) is 0 Å². The molecule has 1 atom stereocenters. The van der Waals surface area contributed by atoms with Crippen LogP contribution in [0.2, 0.25) is 5.02 Å². The zero-order chi connectivity index (χ0) is 19.7. The van der Waals surface area contributed by atoms with E-state index in [2.05, 4.69) is 15.9 Å². The van der Waals surface area contributed by atoms with Crippen LogP contribution in [-0.4, -0.2) is 39.3 Å². The number of Topliss-reactive ketones (excluding diaryl/α,β-unsaturated/α-hetero) is 1. The van der Waals surface area contributed by atoms with Crippen molar-refractivity contribution in [3.8, 4) is 0 Å². The van der Waals surface area contributed by atoms with Gasteiger partial charge in [0, 0.05) is 15.1 Å². The van der Waals surface area contributed by atoms with Gasteiger partial charge in [0.05, 0.1) is 11.6 Å². The fraction of sp³-hybridized carbons (Fsp3) is 0.105. The predicted molar refractivity (Wildman–Crippen MR) is 102 cm³/mol. The van der Waals surface area contributed by atoms with Crippen LogP contribution in [0.25, 0.3) is 5.76 Å². The summed E-state index contributed by atoms with van der Waals surface area (Å²) >= 11 is 9.16. The number of halogens is 2. The van der Waals surface area contributed by atoms with E-state index in [0.29, 0.717) is 16.1 Å². The van der Waals surface area contributed by atoms with Crippen LogP contribution in [0.15, 0.2) is 58.6 Å². The Morgan fingerprint density at radius 2 is 1.63 bits per heavy atom. The summed E-state index contributed by atoms with van der Waals surface area (Å²) in [6.07, 6.45) is 0. The molecular formula is C19H13BrClNO5. The third kappa shape index (κ3) is 3.74. The van der Waals surface area contributed by atoms with Gasteiger partial charge in [-0.2, -0.15) is 0 Å². The van der Waals surface area contributed by atoms with Crippen molar-refractivity contribution in [1.29, 1.82) is 0 Å². The summed E-state index contributed by atoms with van der Waals surface area (Å²) in [6, 6.07) is 11.8. The topological polar surface area (TPSA) is 94.9 Å². The van der Waals surface area contributed by atoms with E-state index < -0.39 is 30.2 Å². The van der Waals surface area contributed by atoms with Crippen molar-refractivity contribution in [1.82, 2.24) is 4.90 Å². The van der Waals surface area contributed by atoms with Crippen LogP contribution in [0.5, 0.6) is 0 Å². The van der Waals surface area contributed by atoms with E-state index >= 15 is 0 Å². The molecule has 1 aliphatic heterocycles. The van der Waals surface area contributed by atoms with Crippen LogP contribution in [0, 0.1) is 0 Å². The molecule has 1 unspecified atom stereocenters. The van der Waals surface area contributed by atoms with Gasteiger partial charge in [0.2, 0.25) is 0 Å². The molecule has 138 valence electrons. The number of rotatable bonds is 4. The molecule has 0 spiro atoms. The molecule has 0 saturated carbocycles. The van der Waals surface area contributed by atoms with Crippen LogP contribution in [0.3, 0.4) is 0 Å². The fourth-order valence-electron chi connectivity index (χ4n) is 2.94. The van der Waals surface area contributed by atoms with Crippen molar-refractivity contribution in [3.63, 3.8) is 0 Å². The molecule has 27 heavy (non-hydrogen) atoms. The summed E-state index contributed by atoms with van der Waals surface area (Å²) in [7, 11) is 0. The first-order chi connectivity index (χ1) is 12.8. The van der Waals surface area contributed by atoms with Gasteiger partial charge in [-0.3, -0.25) is 14.4 Å². The SMILES string of the molecule is O=C(O)CN1C(=O)C(=O)/C(=C(/O)c2ccc(Cl)cc2)C1c1ccc(Br)cc1. The van der Waals surface area contributed by atoms with Crippen LogP contribution >= 0.6 is 27.5 Å². The maximum atomic E-state index is 12.6. The first-order valence-corrected chi connectivity index (χ1v) is 8.98. The van der Waals surface area contributed by atoms with Crippen molar-refractivity contribution in [2.45, 2.75) is 6.04 Å². The Morgan fingerprint density at radius 1 is 1.04 bits per heavy atom. The molecule has 2 N–H and O–H groups in total. The van der Waals surface area contributed by atoms with Gasteiger partial charge in [-0.05, 0) is 42.0 Å². The highest BCUT2D eigenvalue weighted by Gasteiger charge is 2.46. The average molecular weight is 451 g/mol. The van der Waals surface area contributed by atoms with Crippen LogP contribution < -0.4 is 0 Å². The quantitative estimate of drug-likeness (QED) is 0.421. The third-order valence-corrected chi connectivity index (χ3v) is 4.93. The van der Waals surface area contributed by atoms with Crippen molar-refractivity contribution in [2.75, 3.05) is 6.54 Å². The van der Waals surface area contributed by atoms with E-state index in [4.69, 9.17) is 16.7 Å². The number of aliphatic hydroxyl groups excluding tert-OH is 1. The molecule has 2 aromatic carbocycles. The van der Waals surface area contributed by atoms with Gasteiger partial charge in [-0.1, -0.05) is 39.7 Å². The number of carbonyl (C=O) groups is 3. The number of benzene rings is 2. The maximum absolute atomic E-state index is 12.6. The third-order valence-electron chi connectivity index (χ3n) is 4.15. The Labute approximate surface area is 167 Å². The molecular weight excluding hydrogens is 438 g/mol. The van der Waals surface area contributed by atoms with E-state index in [9.17, 15) is 19.5 Å². The smallest absolute Gasteiger partial charge is 0.323 e. The molecule has 1 heterocycles. The van der Waals surface area contributed by atoms with E-state index in [1.165, 1.54) is 12.1 Å². The van der Waals surface area contributed by atoms with Gasteiger partial charge in [0.1, 0.15) is 12.3 Å². The lowest BCUT2D eigenvalue weighted by Crippen LogP contribution is -2.34. The highest BCUT2D eigenvalue weighted by atomic mass is 79.9. The van der Waals surface area contributed by atoms with E-state index in [-0.39, 0.29) is 11.3 Å². The number of nitrogens with zero attached hydrogens (tertiary/aromatic N) is 1. The number of aliphatic carboxylic acids is 1. The number of carboxylic acids is 1. The van der Waals surface area contributed by atoms with Crippen molar-refractivity contribution < 1.29 is 24.6 Å². The summed E-state index contributed by atoms with van der Waals surface area (Å²) in [6.45, 7) is -0.664. The minimum absolute atomic E-state index is 0.161. The van der Waals surface area contributed by atoms with Crippen LogP contribution in [0.4, 0.5) is 0 Å². The fourth-order valence-corrected chi connectivity index (χ4v) is 3.33. The predicted octanol–water partition coefficient (Wildman–Crippen LogP) is 3.61. The Balaban J connectivity index is 2.19. The molecule has 8 heteroatoms. The molecule has 1 amide bonds. The number of amides is 1. The molecule has 2 aromatic rings. The van der Waals surface area contributed by atoms with Gasteiger partial charge in [0.25, 0.3) is 11.7 Å². The Morgan fingerprint density at radius 3 is 2.19 bits per heavy atom. The Kier molecular flexibility index (Phi) is 5.34. The standard InChI is InChI=1S/C19H13BrClNO5/c20-12-5-1-10(2-6-12)16-15(17(25)11-3-7-13(21)8-4-11)18(26)19(27)22(16)9-14(23)24/h1-8,16,25H,9H2,(H,23,24)/b17-15+. The lowest BCUT2D eigenvalue weighted by molar-refractivity contribution is -0.146. The number of hydrogen-bond acceptors (Lipinski definition) is 4. The maximum Gasteiger partial charge on any atom is 0.323 e. The summed E-state index contributed by atoms with van der Waals surface area (Å²) in [5.41, 5.74) is 0.648. The summed E-state index contributed by atoms with van der Waals surface area (Å²) in [5.74, 6) is -3.55. The minimum Gasteiger partial charge on any atom is -0.507 e. The monoisotopic (exact) mass is 449 g/mol. The largest absolute Gasteiger partial charge is 0.507 e. The van der Waals surface area contributed by atoms with Gasteiger partial charge in [0.15, 0.2) is 0 Å². The minimum atomic E-state index is -1.26.